The number of aromatic nitrogens is 2. The van der Waals surface area contributed by atoms with E-state index in [1.807, 2.05) is 13.8 Å². The molecule has 0 aliphatic heterocycles. The molecule has 0 aliphatic carbocycles. The predicted octanol–water partition coefficient (Wildman–Crippen LogP) is 1.21. The van der Waals surface area contributed by atoms with Crippen LogP contribution in [0.15, 0.2) is 15.5 Å². The average molecular weight is 348 g/mol. The van der Waals surface area contributed by atoms with Crippen molar-refractivity contribution in [3.05, 3.63) is 21.0 Å². The molecule has 114 valence electrons. The van der Waals surface area contributed by atoms with Crippen LogP contribution in [0, 0.1) is 5.41 Å². The fourth-order valence-electron chi connectivity index (χ4n) is 1.90. The van der Waals surface area contributed by atoms with Crippen molar-refractivity contribution >= 4 is 21.6 Å². The largest absolute Gasteiger partial charge is 0.396 e. The van der Waals surface area contributed by atoms with Crippen LogP contribution in [-0.4, -0.2) is 39.8 Å². The zero-order valence-corrected chi connectivity index (χ0v) is 13.5. The second kappa shape index (κ2) is 7.75. The Kier molecular flexibility index (Phi) is 6.64. The maximum Gasteiger partial charge on any atom is 0.283 e. The van der Waals surface area contributed by atoms with E-state index in [9.17, 15) is 9.90 Å². The molecule has 0 aromatic carbocycles. The van der Waals surface area contributed by atoms with Crippen LogP contribution in [0.3, 0.4) is 0 Å². The van der Waals surface area contributed by atoms with Crippen molar-refractivity contribution < 1.29 is 10.2 Å². The van der Waals surface area contributed by atoms with Crippen LogP contribution in [0.25, 0.3) is 0 Å². The van der Waals surface area contributed by atoms with Gasteiger partial charge < -0.3 is 15.5 Å². The highest BCUT2D eigenvalue weighted by molar-refractivity contribution is 9.10. The quantitative estimate of drug-likeness (QED) is 0.657. The molecule has 1 aromatic rings. The van der Waals surface area contributed by atoms with E-state index in [-0.39, 0.29) is 30.7 Å². The summed E-state index contributed by atoms with van der Waals surface area (Å²) in [5.41, 5.74) is 0.120. The van der Waals surface area contributed by atoms with Crippen LogP contribution in [0.5, 0.6) is 0 Å². The van der Waals surface area contributed by atoms with Gasteiger partial charge >= 0.3 is 0 Å². The Morgan fingerprint density at radius 2 is 2.05 bits per heavy atom. The lowest BCUT2D eigenvalue weighted by molar-refractivity contribution is 0.127. The first kappa shape index (κ1) is 17.1. The summed E-state index contributed by atoms with van der Waals surface area (Å²) < 4.78 is 1.59. The first-order valence-corrected chi connectivity index (χ1v) is 7.54. The molecule has 0 saturated heterocycles. The standard InChI is InChI=1S/C13H22BrN3O3/c1-3-13(4-2,9-19)8-15-10-7-16-17(5-6-18)12(20)11(10)14/h7,15,18-19H,3-6,8-9H2,1-2H3. The molecular weight excluding hydrogens is 326 g/mol. The van der Waals surface area contributed by atoms with Crippen LogP contribution in [0.2, 0.25) is 0 Å². The molecule has 0 bridgehead atoms. The Hall–Kier alpha value is -0.920. The van der Waals surface area contributed by atoms with E-state index in [4.69, 9.17) is 5.11 Å². The fraction of sp³-hybridized carbons (Fsp3) is 0.692. The highest BCUT2D eigenvalue weighted by Crippen LogP contribution is 2.27. The number of hydrogen-bond donors (Lipinski definition) is 3. The monoisotopic (exact) mass is 347 g/mol. The topological polar surface area (TPSA) is 87.4 Å². The minimum absolute atomic E-state index is 0.0969. The van der Waals surface area contributed by atoms with Gasteiger partial charge in [-0.3, -0.25) is 4.79 Å². The van der Waals surface area contributed by atoms with E-state index in [0.717, 1.165) is 12.8 Å². The summed E-state index contributed by atoms with van der Waals surface area (Å²) in [4.78, 5) is 12.0. The molecule has 1 rings (SSSR count). The molecule has 0 saturated carbocycles. The minimum atomic E-state index is -0.286. The predicted molar refractivity (Wildman–Crippen MR) is 81.9 cm³/mol. The van der Waals surface area contributed by atoms with E-state index in [1.54, 1.807) is 6.20 Å². The van der Waals surface area contributed by atoms with Crippen LogP contribution < -0.4 is 10.9 Å². The Bertz CT molecular complexity index is 478. The maximum absolute atomic E-state index is 12.0. The maximum atomic E-state index is 12.0. The van der Waals surface area contributed by atoms with Crippen LogP contribution in [0.1, 0.15) is 26.7 Å². The third-order valence-corrected chi connectivity index (χ3v) is 4.55. The molecule has 1 heterocycles. The van der Waals surface area contributed by atoms with E-state index >= 15 is 0 Å². The number of nitrogens with zero attached hydrogens (tertiary/aromatic N) is 2. The summed E-state index contributed by atoms with van der Waals surface area (Å²) in [5.74, 6) is 0. The van der Waals surface area contributed by atoms with E-state index in [0.29, 0.717) is 16.7 Å². The fourth-order valence-corrected chi connectivity index (χ4v) is 2.35. The lowest BCUT2D eigenvalue weighted by Crippen LogP contribution is -2.33. The Balaban J connectivity index is 2.89. The van der Waals surface area contributed by atoms with Crippen molar-refractivity contribution in [3.63, 3.8) is 0 Å². The van der Waals surface area contributed by atoms with Gasteiger partial charge in [-0.1, -0.05) is 13.8 Å². The van der Waals surface area contributed by atoms with Gasteiger partial charge in [-0.25, -0.2) is 4.68 Å². The highest BCUT2D eigenvalue weighted by atomic mass is 79.9. The number of halogens is 1. The van der Waals surface area contributed by atoms with Crippen molar-refractivity contribution in [2.75, 3.05) is 25.1 Å². The molecule has 0 fully saturated rings. The van der Waals surface area contributed by atoms with Gasteiger partial charge in [-0.15, -0.1) is 0 Å². The second-order valence-corrected chi connectivity index (χ2v) is 5.64. The SMILES string of the molecule is CCC(CC)(CO)CNc1cnn(CCO)c(=O)c1Br. The highest BCUT2D eigenvalue weighted by Gasteiger charge is 2.25. The number of anilines is 1. The number of hydrogen-bond acceptors (Lipinski definition) is 5. The van der Waals surface area contributed by atoms with Crippen molar-refractivity contribution in [2.45, 2.75) is 33.2 Å². The molecule has 20 heavy (non-hydrogen) atoms. The number of aliphatic hydroxyl groups excluding tert-OH is 2. The summed E-state index contributed by atoms with van der Waals surface area (Å²) in [6.07, 6.45) is 3.24. The van der Waals surface area contributed by atoms with Gasteiger partial charge in [0.05, 0.1) is 31.6 Å². The third kappa shape index (κ3) is 3.80. The summed E-state index contributed by atoms with van der Waals surface area (Å²) >= 11 is 3.25. The summed E-state index contributed by atoms with van der Waals surface area (Å²) in [6, 6.07) is 0. The smallest absolute Gasteiger partial charge is 0.283 e. The van der Waals surface area contributed by atoms with Gasteiger partial charge in [0.15, 0.2) is 0 Å². The van der Waals surface area contributed by atoms with Gasteiger partial charge in [0.25, 0.3) is 5.56 Å². The third-order valence-electron chi connectivity index (χ3n) is 3.79. The first-order valence-electron chi connectivity index (χ1n) is 6.74. The molecule has 0 amide bonds. The minimum Gasteiger partial charge on any atom is -0.396 e. The normalized spacial score (nSPS) is 11.7. The molecule has 7 heteroatoms. The van der Waals surface area contributed by atoms with Gasteiger partial charge in [-0.05, 0) is 28.8 Å². The average Bonchev–Trinajstić information content (AvgIpc) is 2.48. The Morgan fingerprint density at radius 1 is 1.40 bits per heavy atom. The van der Waals surface area contributed by atoms with Crippen molar-refractivity contribution in [2.24, 2.45) is 5.41 Å². The molecular formula is C13H22BrN3O3. The van der Waals surface area contributed by atoms with Crippen molar-refractivity contribution in [3.8, 4) is 0 Å². The second-order valence-electron chi connectivity index (χ2n) is 4.84. The van der Waals surface area contributed by atoms with Gasteiger partial charge in [-0.2, -0.15) is 5.10 Å². The molecule has 0 unspecified atom stereocenters. The number of aliphatic hydroxyl groups is 2. The molecule has 0 atom stereocenters. The molecule has 6 nitrogen and oxygen atoms in total. The van der Waals surface area contributed by atoms with Crippen molar-refractivity contribution in [1.82, 2.24) is 9.78 Å². The van der Waals surface area contributed by atoms with Gasteiger partial charge in [0.1, 0.15) is 4.47 Å². The molecule has 3 N–H and O–H groups in total. The molecule has 0 aliphatic rings. The number of rotatable bonds is 8. The molecule has 0 spiro atoms. The van der Waals surface area contributed by atoms with E-state index in [1.165, 1.54) is 4.68 Å². The van der Waals surface area contributed by atoms with Gasteiger partial charge in [0.2, 0.25) is 0 Å². The summed E-state index contributed by atoms with van der Waals surface area (Å²) in [6.45, 7) is 4.77. The zero-order chi connectivity index (χ0) is 15.2. The van der Waals surface area contributed by atoms with Crippen LogP contribution >= 0.6 is 15.9 Å². The summed E-state index contributed by atoms with van der Waals surface area (Å²) in [5, 5.41) is 25.6. The number of nitrogens with one attached hydrogen (secondary N) is 1. The van der Waals surface area contributed by atoms with Crippen LogP contribution in [0.4, 0.5) is 5.69 Å². The zero-order valence-electron chi connectivity index (χ0n) is 11.9. The Labute approximate surface area is 127 Å². The van der Waals surface area contributed by atoms with E-state index in [2.05, 4.69) is 26.3 Å². The first-order chi connectivity index (χ1) is 9.53. The van der Waals surface area contributed by atoms with E-state index < -0.39 is 0 Å². The summed E-state index contributed by atoms with van der Waals surface area (Å²) in [7, 11) is 0. The Morgan fingerprint density at radius 3 is 2.55 bits per heavy atom. The molecule has 0 radical (unpaired) electrons. The van der Waals surface area contributed by atoms with Crippen molar-refractivity contribution in [1.29, 1.82) is 0 Å². The van der Waals surface area contributed by atoms with Gasteiger partial charge in [0, 0.05) is 12.0 Å². The lowest BCUT2D eigenvalue weighted by Gasteiger charge is -2.30. The lowest BCUT2D eigenvalue weighted by atomic mass is 9.83. The molecule has 1 aromatic heterocycles. The van der Waals surface area contributed by atoms with Crippen LogP contribution in [-0.2, 0) is 6.54 Å².